The molecule has 2 amide bonds. The summed E-state index contributed by atoms with van der Waals surface area (Å²) in [6.45, 7) is 4.42. The van der Waals surface area contributed by atoms with Gasteiger partial charge in [0, 0.05) is 11.1 Å². The number of para-hydroxylation sites is 2. The van der Waals surface area contributed by atoms with Gasteiger partial charge in [0.1, 0.15) is 21.3 Å². The highest BCUT2D eigenvalue weighted by Gasteiger charge is 2.29. The lowest BCUT2D eigenvalue weighted by Gasteiger charge is -2.10. The monoisotopic (exact) mass is 524 g/mol. The second kappa shape index (κ2) is 13.6. The Kier molecular flexibility index (Phi) is 10.0. The smallest absolute Gasteiger partial charge is 0.285 e. The highest BCUT2D eigenvalue weighted by atomic mass is 32.1. The maximum absolute atomic E-state index is 13.0. The molecule has 10 nitrogen and oxygen atoms in total. The van der Waals surface area contributed by atoms with Crippen molar-refractivity contribution in [1.82, 2.24) is 10.9 Å². The van der Waals surface area contributed by atoms with Crippen molar-refractivity contribution >= 4 is 35.6 Å². The summed E-state index contributed by atoms with van der Waals surface area (Å²) in [7, 11) is 0. The van der Waals surface area contributed by atoms with Crippen molar-refractivity contribution in [3.05, 3.63) is 69.4 Å². The Hall–Kier alpha value is -4.38. The molecule has 3 aromatic rings. The molecule has 0 radical (unpaired) electrons. The average Bonchev–Trinajstić information content (AvgIpc) is 3.26. The third-order valence-corrected chi connectivity index (χ3v) is 5.90. The number of ether oxygens (including phenoxy) is 2. The molecule has 4 N–H and O–H groups in total. The van der Waals surface area contributed by atoms with Crippen LogP contribution in [0.15, 0.2) is 58.7 Å². The van der Waals surface area contributed by atoms with Crippen LogP contribution in [0, 0.1) is 0 Å². The largest absolute Gasteiger partial charge is 0.507 e. The molecule has 0 atom stereocenters. The first-order valence-corrected chi connectivity index (χ1v) is 12.4. The number of thiophene rings is 1. The van der Waals surface area contributed by atoms with Crippen LogP contribution in [-0.2, 0) is 0 Å². The average molecular weight is 525 g/mol. The highest BCUT2D eigenvalue weighted by Crippen LogP contribution is 2.42. The number of carbonyl (C=O) groups is 2. The summed E-state index contributed by atoms with van der Waals surface area (Å²) in [5.74, 6) is -0.901. The summed E-state index contributed by atoms with van der Waals surface area (Å²) >= 11 is 0.881. The fraction of sp³-hybridized carbons (Fsp3) is 0.231. The highest BCUT2D eigenvalue weighted by molar-refractivity contribution is 7.16. The van der Waals surface area contributed by atoms with E-state index in [2.05, 4.69) is 21.1 Å². The number of hydrogen-bond donors (Lipinski definition) is 4. The fourth-order valence-electron chi connectivity index (χ4n) is 2.99. The van der Waals surface area contributed by atoms with E-state index in [0.717, 1.165) is 11.3 Å². The maximum Gasteiger partial charge on any atom is 0.285 e. The minimum atomic E-state index is -0.610. The normalized spacial score (nSPS) is 11.1. The summed E-state index contributed by atoms with van der Waals surface area (Å²) in [4.78, 5) is 26.2. The number of amides is 2. The van der Waals surface area contributed by atoms with Crippen molar-refractivity contribution in [2.45, 2.75) is 26.7 Å². The van der Waals surface area contributed by atoms with Gasteiger partial charge in [-0.05, 0) is 37.1 Å². The summed E-state index contributed by atoms with van der Waals surface area (Å²) in [5, 5.41) is 27.6. The second-order valence-electron chi connectivity index (χ2n) is 7.63. The third kappa shape index (κ3) is 7.31. The molecule has 0 saturated carbocycles. The predicted octanol–water partition coefficient (Wildman–Crippen LogP) is 4.26. The molecule has 0 bridgehead atoms. The van der Waals surface area contributed by atoms with Crippen molar-refractivity contribution in [3.63, 3.8) is 0 Å². The number of nitrogens with zero attached hydrogens (tertiary/aromatic N) is 2. The van der Waals surface area contributed by atoms with Gasteiger partial charge >= 0.3 is 0 Å². The Morgan fingerprint density at radius 2 is 1.19 bits per heavy atom. The van der Waals surface area contributed by atoms with Crippen LogP contribution in [0.4, 0.5) is 0 Å². The van der Waals surface area contributed by atoms with Crippen LogP contribution in [0.3, 0.4) is 0 Å². The molecule has 0 aliphatic rings. The Morgan fingerprint density at radius 3 is 1.57 bits per heavy atom. The second-order valence-corrected chi connectivity index (χ2v) is 8.65. The van der Waals surface area contributed by atoms with Gasteiger partial charge in [0.25, 0.3) is 11.8 Å². The SMILES string of the molecule is CCCOc1c(C(=O)N/N=C\c2ccccc2O)sc(C(=O)N/N=C\c2ccccc2O)c1OCCC. The minimum Gasteiger partial charge on any atom is -0.507 e. The molecule has 0 saturated heterocycles. The lowest BCUT2D eigenvalue weighted by atomic mass is 10.2. The zero-order chi connectivity index (χ0) is 26.6. The molecule has 37 heavy (non-hydrogen) atoms. The Labute approximate surface area is 218 Å². The third-order valence-electron chi connectivity index (χ3n) is 4.75. The van der Waals surface area contributed by atoms with Crippen molar-refractivity contribution in [1.29, 1.82) is 0 Å². The molecular formula is C26H28N4O6S. The predicted molar refractivity (Wildman–Crippen MR) is 142 cm³/mol. The van der Waals surface area contributed by atoms with Crippen LogP contribution in [0.1, 0.15) is 57.2 Å². The van der Waals surface area contributed by atoms with Crippen molar-refractivity contribution in [2.75, 3.05) is 13.2 Å². The first-order chi connectivity index (χ1) is 18.0. The van der Waals surface area contributed by atoms with E-state index in [4.69, 9.17) is 9.47 Å². The summed E-state index contributed by atoms with van der Waals surface area (Å²) in [5.41, 5.74) is 5.65. The van der Waals surface area contributed by atoms with Gasteiger partial charge in [-0.2, -0.15) is 10.2 Å². The Balaban J connectivity index is 1.87. The number of aromatic hydroxyl groups is 2. The van der Waals surface area contributed by atoms with Gasteiger partial charge < -0.3 is 19.7 Å². The number of phenols is 2. The van der Waals surface area contributed by atoms with Crippen molar-refractivity contribution in [2.24, 2.45) is 10.2 Å². The van der Waals surface area contributed by atoms with Gasteiger partial charge in [-0.15, -0.1) is 11.3 Å². The van der Waals surface area contributed by atoms with Crippen LogP contribution >= 0.6 is 11.3 Å². The molecular weight excluding hydrogens is 496 g/mol. The van der Waals surface area contributed by atoms with Crippen LogP contribution < -0.4 is 20.3 Å². The van der Waals surface area contributed by atoms with E-state index in [1.165, 1.54) is 24.6 Å². The Morgan fingerprint density at radius 1 is 0.784 bits per heavy atom. The molecule has 2 aromatic carbocycles. The van der Waals surface area contributed by atoms with Gasteiger partial charge in [-0.3, -0.25) is 9.59 Å². The number of nitrogens with one attached hydrogen (secondary N) is 2. The number of hydrogen-bond acceptors (Lipinski definition) is 9. The van der Waals surface area contributed by atoms with Crippen LogP contribution in [0.5, 0.6) is 23.0 Å². The van der Waals surface area contributed by atoms with Crippen LogP contribution in [0.25, 0.3) is 0 Å². The number of phenolic OH excluding ortho intramolecular Hbond substituents is 2. The minimum absolute atomic E-state index is 0.0159. The zero-order valence-electron chi connectivity index (χ0n) is 20.4. The zero-order valence-corrected chi connectivity index (χ0v) is 21.2. The summed E-state index contributed by atoms with van der Waals surface area (Å²) in [6.07, 6.45) is 3.95. The summed E-state index contributed by atoms with van der Waals surface area (Å²) in [6, 6.07) is 13.1. The molecule has 0 aliphatic heterocycles. The van der Waals surface area contributed by atoms with Gasteiger partial charge in [-0.25, -0.2) is 10.9 Å². The van der Waals surface area contributed by atoms with Crippen molar-refractivity contribution < 1.29 is 29.3 Å². The van der Waals surface area contributed by atoms with Crippen molar-refractivity contribution in [3.8, 4) is 23.0 Å². The molecule has 0 unspecified atom stereocenters. The molecule has 0 aliphatic carbocycles. The number of hydrazone groups is 2. The number of carbonyl (C=O) groups excluding carboxylic acids is 2. The van der Waals surface area contributed by atoms with E-state index in [9.17, 15) is 19.8 Å². The van der Waals surface area contributed by atoms with E-state index in [0.29, 0.717) is 37.2 Å². The van der Waals surface area contributed by atoms with E-state index < -0.39 is 11.8 Å². The van der Waals surface area contributed by atoms with Gasteiger partial charge in [-0.1, -0.05) is 38.1 Å². The molecule has 11 heteroatoms. The molecule has 1 aromatic heterocycles. The van der Waals surface area contributed by atoms with Crippen LogP contribution in [0.2, 0.25) is 0 Å². The quantitative estimate of drug-likeness (QED) is 0.206. The molecule has 194 valence electrons. The first-order valence-electron chi connectivity index (χ1n) is 11.6. The van der Waals surface area contributed by atoms with E-state index >= 15 is 0 Å². The molecule has 1 heterocycles. The van der Waals surface area contributed by atoms with E-state index in [1.807, 2.05) is 13.8 Å². The lowest BCUT2D eigenvalue weighted by Crippen LogP contribution is -2.17. The summed E-state index contributed by atoms with van der Waals surface area (Å²) < 4.78 is 11.6. The topological polar surface area (TPSA) is 142 Å². The molecule has 0 spiro atoms. The lowest BCUT2D eigenvalue weighted by molar-refractivity contribution is 0.0945. The van der Waals surface area contributed by atoms with E-state index in [1.54, 1.807) is 36.4 Å². The van der Waals surface area contributed by atoms with E-state index in [-0.39, 0.29) is 32.8 Å². The molecule has 3 rings (SSSR count). The number of rotatable bonds is 12. The number of benzene rings is 2. The van der Waals surface area contributed by atoms with Crippen LogP contribution in [-0.4, -0.2) is 47.7 Å². The standard InChI is InChI=1S/C26H28N4O6S/c1-3-13-35-21-22(36-14-4-2)24(26(34)30-28-16-18-10-6-8-12-20(18)32)37-23(21)25(33)29-27-15-17-9-5-7-11-19(17)31/h5-12,15-16,31-32H,3-4,13-14H2,1-2H3,(H,29,33)(H,30,34)/b27-15-,28-16-. The van der Waals surface area contributed by atoms with Gasteiger partial charge in [0.2, 0.25) is 0 Å². The van der Waals surface area contributed by atoms with Gasteiger partial charge in [0.15, 0.2) is 11.5 Å². The first kappa shape index (κ1) is 27.2. The fourth-order valence-corrected chi connectivity index (χ4v) is 3.96. The van der Waals surface area contributed by atoms with Gasteiger partial charge in [0.05, 0.1) is 25.6 Å². The maximum atomic E-state index is 13.0. The molecule has 0 fully saturated rings. The Bertz CT molecular complexity index is 1190.